The van der Waals surface area contributed by atoms with E-state index in [0.29, 0.717) is 22.4 Å². The number of hydrogen-bond acceptors (Lipinski definition) is 4. The van der Waals surface area contributed by atoms with E-state index in [-0.39, 0.29) is 10.8 Å². The summed E-state index contributed by atoms with van der Waals surface area (Å²) < 4.78 is 27.9. The minimum Gasteiger partial charge on any atom is -0.267 e. The normalized spacial score (nSPS) is 12.1. The summed E-state index contributed by atoms with van der Waals surface area (Å²) >= 11 is 0. The molecule has 31 heavy (non-hydrogen) atoms. The van der Waals surface area contributed by atoms with Crippen LogP contribution in [0.25, 0.3) is 10.9 Å². The van der Waals surface area contributed by atoms with Gasteiger partial charge in [-0.1, -0.05) is 48.5 Å². The van der Waals surface area contributed by atoms with Crippen LogP contribution >= 0.6 is 0 Å². The van der Waals surface area contributed by atoms with Crippen molar-refractivity contribution in [1.29, 1.82) is 0 Å². The lowest BCUT2D eigenvalue weighted by atomic mass is 10.1. The number of rotatable bonds is 5. The summed E-state index contributed by atoms with van der Waals surface area (Å²) in [6.45, 7) is 3.64. The fourth-order valence-corrected chi connectivity index (χ4v) is 4.73. The van der Waals surface area contributed by atoms with Crippen LogP contribution in [0.1, 0.15) is 28.4 Å². The molecule has 0 radical (unpaired) electrons. The van der Waals surface area contributed by atoms with Crippen LogP contribution in [-0.4, -0.2) is 24.0 Å². The number of nitrogens with one attached hydrogen (secondary N) is 1. The van der Waals surface area contributed by atoms with Crippen molar-refractivity contribution >= 4 is 32.5 Å². The summed E-state index contributed by atoms with van der Waals surface area (Å²) in [7, 11) is -3.79. The number of amides is 1. The van der Waals surface area contributed by atoms with E-state index >= 15 is 0 Å². The third-order valence-corrected chi connectivity index (χ3v) is 6.67. The first-order valence-corrected chi connectivity index (χ1v) is 11.1. The van der Waals surface area contributed by atoms with Gasteiger partial charge in [0, 0.05) is 22.7 Å². The number of aryl methyl sites for hydroxylation is 1. The van der Waals surface area contributed by atoms with E-state index in [0.717, 1.165) is 10.9 Å². The van der Waals surface area contributed by atoms with Gasteiger partial charge in [0.15, 0.2) is 0 Å². The highest BCUT2D eigenvalue weighted by Gasteiger charge is 2.22. The molecule has 4 aromatic rings. The fraction of sp³-hybridized carbons (Fsp3) is 0.0833. The minimum atomic E-state index is -3.79. The lowest BCUT2D eigenvalue weighted by Gasteiger charge is -2.07. The van der Waals surface area contributed by atoms with Gasteiger partial charge < -0.3 is 0 Å². The number of fused-ring (bicyclic) bond motifs is 1. The molecule has 6 nitrogen and oxygen atoms in total. The molecule has 1 heterocycles. The van der Waals surface area contributed by atoms with Crippen LogP contribution in [0, 0.1) is 6.92 Å². The molecular formula is C24H21N3O3S. The Morgan fingerprint density at radius 1 is 0.935 bits per heavy atom. The Labute approximate surface area is 180 Å². The summed E-state index contributed by atoms with van der Waals surface area (Å²) in [4.78, 5) is 12.5. The summed E-state index contributed by atoms with van der Waals surface area (Å²) in [5.74, 6) is -0.337. The van der Waals surface area contributed by atoms with E-state index in [1.807, 2.05) is 31.2 Å². The van der Waals surface area contributed by atoms with Crippen LogP contribution in [0.3, 0.4) is 0 Å². The molecule has 0 bridgehead atoms. The molecule has 1 N–H and O–H groups in total. The Bertz CT molecular complexity index is 1390. The largest absolute Gasteiger partial charge is 0.271 e. The Morgan fingerprint density at radius 3 is 2.26 bits per heavy atom. The second kappa shape index (κ2) is 8.20. The number of carbonyl (C=O) groups excluding carboxylic acids is 1. The average Bonchev–Trinajstić information content (AvgIpc) is 3.18. The molecule has 0 fully saturated rings. The molecule has 0 unspecified atom stereocenters. The minimum absolute atomic E-state index is 0.201. The number of benzene rings is 3. The van der Waals surface area contributed by atoms with Gasteiger partial charge in [-0.25, -0.2) is 17.8 Å². The zero-order valence-corrected chi connectivity index (χ0v) is 17.9. The van der Waals surface area contributed by atoms with E-state index in [4.69, 9.17) is 0 Å². The van der Waals surface area contributed by atoms with Gasteiger partial charge in [0.05, 0.1) is 16.1 Å². The van der Waals surface area contributed by atoms with Crippen molar-refractivity contribution in [2.75, 3.05) is 0 Å². The van der Waals surface area contributed by atoms with Crippen LogP contribution in [-0.2, 0) is 10.0 Å². The second-order valence-electron chi connectivity index (χ2n) is 7.18. The third kappa shape index (κ3) is 4.00. The zero-order chi connectivity index (χ0) is 22.0. The Morgan fingerprint density at radius 2 is 1.58 bits per heavy atom. The second-order valence-corrected chi connectivity index (χ2v) is 9.00. The number of hydrazone groups is 1. The summed E-state index contributed by atoms with van der Waals surface area (Å²) in [5, 5.41) is 4.96. The van der Waals surface area contributed by atoms with E-state index in [1.165, 1.54) is 3.97 Å². The number of nitrogens with zero attached hydrogens (tertiary/aromatic N) is 2. The maximum atomic E-state index is 13.3. The van der Waals surface area contributed by atoms with Crippen molar-refractivity contribution in [3.8, 4) is 0 Å². The average molecular weight is 432 g/mol. The van der Waals surface area contributed by atoms with Crippen molar-refractivity contribution in [3.63, 3.8) is 0 Å². The Balaban J connectivity index is 1.78. The smallest absolute Gasteiger partial charge is 0.267 e. The molecule has 0 atom stereocenters. The topological polar surface area (TPSA) is 80.5 Å². The number of aromatic nitrogens is 1. The zero-order valence-electron chi connectivity index (χ0n) is 17.1. The first-order valence-electron chi connectivity index (χ1n) is 9.70. The molecule has 0 saturated heterocycles. The first-order chi connectivity index (χ1) is 14.9. The fourth-order valence-electron chi connectivity index (χ4n) is 3.35. The van der Waals surface area contributed by atoms with Crippen molar-refractivity contribution in [1.82, 2.24) is 9.40 Å². The molecule has 0 spiro atoms. The van der Waals surface area contributed by atoms with E-state index in [1.54, 1.807) is 67.7 Å². The van der Waals surface area contributed by atoms with E-state index in [2.05, 4.69) is 10.5 Å². The molecule has 156 valence electrons. The van der Waals surface area contributed by atoms with E-state index < -0.39 is 10.0 Å². The number of carbonyl (C=O) groups is 1. The van der Waals surface area contributed by atoms with Crippen molar-refractivity contribution in [3.05, 3.63) is 102 Å². The van der Waals surface area contributed by atoms with Crippen LogP contribution in [0.5, 0.6) is 0 Å². The molecule has 0 aliphatic heterocycles. The van der Waals surface area contributed by atoms with Crippen LogP contribution < -0.4 is 5.43 Å². The summed E-state index contributed by atoms with van der Waals surface area (Å²) in [6.07, 6.45) is 1.56. The lowest BCUT2D eigenvalue weighted by molar-refractivity contribution is 0.0955. The highest BCUT2D eigenvalue weighted by atomic mass is 32.2. The van der Waals surface area contributed by atoms with Gasteiger partial charge in [-0.2, -0.15) is 5.10 Å². The Kier molecular flexibility index (Phi) is 5.44. The van der Waals surface area contributed by atoms with Crippen molar-refractivity contribution in [2.24, 2.45) is 5.10 Å². The molecule has 4 rings (SSSR count). The maximum Gasteiger partial charge on any atom is 0.271 e. The monoisotopic (exact) mass is 431 g/mol. The molecule has 3 aromatic carbocycles. The van der Waals surface area contributed by atoms with Gasteiger partial charge >= 0.3 is 0 Å². The van der Waals surface area contributed by atoms with Gasteiger partial charge in [0.2, 0.25) is 0 Å². The molecule has 0 aliphatic carbocycles. The first kappa shape index (κ1) is 20.6. The predicted molar refractivity (Wildman–Crippen MR) is 122 cm³/mol. The summed E-state index contributed by atoms with van der Waals surface area (Å²) in [5.41, 5.74) is 5.66. The highest BCUT2D eigenvalue weighted by molar-refractivity contribution is 7.90. The van der Waals surface area contributed by atoms with Gasteiger partial charge in [-0.05, 0) is 49.7 Å². The third-order valence-electron chi connectivity index (χ3n) is 4.98. The number of hydrogen-bond donors (Lipinski definition) is 1. The molecule has 1 amide bonds. The van der Waals surface area contributed by atoms with Crippen molar-refractivity contribution in [2.45, 2.75) is 18.7 Å². The SMILES string of the molecule is C/C(=N\NC(=O)c1ccccc1)c1cn(S(=O)(=O)c2ccccc2)c2cc(C)ccc12. The summed E-state index contributed by atoms with van der Waals surface area (Å²) in [6, 6.07) is 22.7. The van der Waals surface area contributed by atoms with Gasteiger partial charge in [-0.15, -0.1) is 0 Å². The highest BCUT2D eigenvalue weighted by Crippen LogP contribution is 2.27. The van der Waals surface area contributed by atoms with E-state index in [9.17, 15) is 13.2 Å². The maximum absolute atomic E-state index is 13.3. The Hall–Kier alpha value is -3.71. The molecule has 0 saturated carbocycles. The standard InChI is InChI=1S/C24H21N3O3S/c1-17-13-14-21-22(18(2)25-26-24(28)19-9-5-3-6-10-19)16-27(23(21)15-17)31(29,30)20-11-7-4-8-12-20/h3-16H,1-2H3,(H,26,28)/b25-18+. The molecular weight excluding hydrogens is 410 g/mol. The van der Waals surface area contributed by atoms with Gasteiger partial charge in [0.25, 0.3) is 15.9 Å². The molecule has 1 aromatic heterocycles. The van der Waals surface area contributed by atoms with Gasteiger partial charge in [0.1, 0.15) is 0 Å². The van der Waals surface area contributed by atoms with Crippen LogP contribution in [0.4, 0.5) is 0 Å². The van der Waals surface area contributed by atoms with Crippen LogP contribution in [0.15, 0.2) is 95.1 Å². The van der Waals surface area contributed by atoms with Gasteiger partial charge in [-0.3, -0.25) is 4.79 Å². The van der Waals surface area contributed by atoms with Crippen molar-refractivity contribution < 1.29 is 13.2 Å². The lowest BCUT2D eigenvalue weighted by Crippen LogP contribution is -2.19. The molecule has 0 aliphatic rings. The predicted octanol–water partition coefficient (Wildman–Crippen LogP) is 4.34. The molecule has 7 heteroatoms. The quantitative estimate of drug-likeness (QED) is 0.377. The van der Waals surface area contributed by atoms with Crippen LogP contribution in [0.2, 0.25) is 0 Å².